The summed E-state index contributed by atoms with van der Waals surface area (Å²) in [4.78, 5) is 12.7. The lowest BCUT2D eigenvalue weighted by Gasteiger charge is -2.25. The maximum atomic E-state index is 12.7. The van der Waals surface area contributed by atoms with Crippen molar-refractivity contribution in [2.45, 2.75) is 50.7 Å². The van der Waals surface area contributed by atoms with Gasteiger partial charge in [0.1, 0.15) is 0 Å². The minimum absolute atomic E-state index is 0. The second-order valence-corrected chi connectivity index (χ2v) is 11.8. The quantitative estimate of drug-likeness (QED) is 0.214. The van der Waals surface area contributed by atoms with Gasteiger partial charge in [0.05, 0.1) is 17.9 Å². The molecular formula is C30H39Cl2N3O4S. The molecule has 10 heteroatoms. The van der Waals surface area contributed by atoms with Crippen molar-refractivity contribution in [2.75, 3.05) is 24.7 Å². The van der Waals surface area contributed by atoms with E-state index in [0.29, 0.717) is 17.8 Å². The van der Waals surface area contributed by atoms with Crippen molar-refractivity contribution < 1.29 is 18.3 Å². The predicted octanol–water partition coefficient (Wildman–Crippen LogP) is 5.50. The van der Waals surface area contributed by atoms with E-state index in [1.54, 1.807) is 6.07 Å². The molecule has 0 heterocycles. The first-order valence-corrected chi connectivity index (χ1v) is 15.1. The highest BCUT2D eigenvalue weighted by Crippen LogP contribution is 2.29. The maximum Gasteiger partial charge on any atom is 0.266 e. The molecule has 3 aromatic carbocycles. The molecule has 1 fully saturated rings. The third-order valence-electron chi connectivity index (χ3n) is 6.91. The number of sulfonamides is 1. The van der Waals surface area contributed by atoms with Crippen molar-refractivity contribution in [3.05, 3.63) is 89.5 Å². The van der Waals surface area contributed by atoms with Crippen LogP contribution in [0.1, 0.15) is 59.7 Å². The Kier molecular flexibility index (Phi) is 13.4. The summed E-state index contributed by atoms with van der Waals surface area (Å²) in [6.07, 6.45) is 6.85. The van der Waals surface area contributed by atoms with Gasteiger partial charge < -0.3 is 15.7 Å². The van der Waals surface area contributed by atoms with Crippen LogP contribution in [0.25, 0.3) is 11.1 Å². The Bertz CT molecular complexity index is 1320. The molecule has 1 amide bonds. The number of aliphatic hydroxyl groups excluding tert-OH is 1. The number of amides is 1. The number of anilines is 1. The minimum atomic E-state index is -3.66. The van der Waals surface area contributed by atoms with Crippen LogP contribution >= 0.6 is 24.8 Å². The van der Waals surface area contributed by atoms with Crippen LogP contribution < -0.4 is 15.4 Å². The van der Waals surface area contributed by atoms with Gasteiger partial charge >= 0.3 is 0 Å². The molecule has 40 heavy (non-hydrogen) atoms. The second-order valence-electron chi connectivity index (χ2n) is 10.0. The van der Waals surface area contributed by atoms with E-state index in [-0.39, 0.29) is 30.9 Å². The van der Waals surface area contributed by atoms with E-state index in [0.717, 1.165) is 61.6 Å². The van der Waals surface area contributed by atoms with Crippen molar-refractivity contribution in [1.82, 2.24) is 10.0 Å². The molecule has 0 unspecified atom stereocenters. The zero-order valence-electron chi connectivity index (χ0n) is 22.6. The number of benzene rings is 3. The standard InChI is InChI=1S/C30H37N3O4S.2ClH/c1-38(36,37)33-30(35)27-17-16-25(20-28(27)32-26-10-6-3-7-11-26)23-14-12-22(13-15-23)18-19-31-21-29(34)24-8-4-2-5-9-24;;/h2,4-5,8-9,12-17,20,26,29,31-32,34H,3,6-7,10-11,18-19,21H2,1H3,(H,33,35);2*1H/t29-;;/m0../s1. The molecular weight excluding hydrogens is 569 g/mol. The monoisotopic (exact) mass is 607 g/mol. The average molecular weight is 609 g/mol. The number of carbonyl (C=O) groups excluding carboxylic acids is 1. The highest BCUT2D eigenvalue weighted by Gasteiger charge is 2.20. The van der Waals surface area contributed by atoms with Crippen molar-refractivity contribution >= 4 is 46.4 Å². The van der Waals surface area contributed by atoms with Crippen molar-refractivity contribution in [2.24, 2.45) is 0 Å². The third-order valence-corrected chi connectivity index (χ3v) is 7.46. The fourth-order valence-corrected chi connectivity index (χ4v) is 5.31. The lowest BCUT2D eigenvalue weighted by Crippen LogP contribution is -2.31. The van der Waals surface area contributed by atoms with Crippen LogP contribution in [0.3, 0.4) is 0 Å². The molecule has 0 spiro atoms. The molecule has 3 aromatic rings. The zero-order valence-corrected chi connectivity index (χ0v) is 25.1. The number of hydrogen-bond acceptors (Lipinski definition) is 6. The van der Waals surface area contributed by atoms with Crippen molar-refractivity contribution in [3.63, 3.8) is 0 Å². The van der Waals surface area contributed by atoms with Gasteiger partial charge in [-0.2, -0.15) is 0 Å². The van der Waals surface area contributed by atoms with E-state index >= 15 is 0 Å². The molecule has 1 aliphatic carbocycles. The molecule has 4 rings (SSSR count). The van der Waals surface area contributed by atoms with Gasteiger partial charge in [-0.15, -0.1) is 24.8 Å². The van der Waals surface area contributed by atoms with Crippen LogP contribution in [0.5, 0.6) is 0 Å². The first-order chi connectivity index (χ1) is 18.3. The number of aliphatic hydroxyl groups is 1. The maximum absolute atomic E-state index is 12.7. The van der Waals surface area contributed by atoms with Gasteiger partial charge in [0.25, 0.3) is 5.91 Å². The van der Waals surface area contributed by atoms with E-state index in [4.69, 9.17) is 0 Å². The fourth-order valence-electron chi connectivity index (χ4n) is 4.86. The fraction of sp³-hybridized carbons (Fsp3) is 0.367. The zero-order chi connectivity index (χ0) is 27.0. The summed E-state index contributed by atoms with van der Waals surface area (Å²) in [5.41, 5.74) is 5.03. The Labute approximate surface area is 250 Å². The molecule has 4 N–H and O–H groups in total. The number of nitrogens with one attached hydrogen (secondary N) is 3. The number of rotatable bonds is 11. The van der Waals surface area contributed by atoms with Crippen LogP contribution in [-0.2, 0) is 16.4 Å². The predicted molar refractivity (Wildman–Crippen MR) is 167 cm³/mol. The van der Waals surface area contributed by atoms with E-state index < -0.39 is 22.0 Å². The van der Waals surface area contributed by atoms with Gasteiger partial charge in [-0.1, -0.05) is 79.9 Å². The Hall–Kier alpha value is -2.62. The summed E-state index contributed by atoms with van der Waals surface area (Å²) in [6, 6.07) is 23.7. The highest BCUT2D eigenvalue weighted by atomic mass is 35.5. The molecule has 0 aromatic heterocycles. The van der Waals surface area contributed by atoms with Crippen LogP contribution in [0.15, 0.2) is 72.8 Å². The van der Waals surface area contributed by atoms with Gasteiger partial charge in [-0.25, -0.2) is 13.1 Å². The summed E-state index contributed by atoms with van der Waals surface area (Å²) in [5, 5.41) is 17.1. The lowest BCUT2D eigenvalue weighted by atomic mass is 9.94. The first kappa shape index (κ1) is 33.6. The highest BCUT2D eigenvalue weighted by molar-refractivity contribution is 7.89. The summed E-state index contributed by atoms with van der Waals surface area (Å²) in [5.74, 6) is -0.627. The number of hydrogen-bond donors (Lipinski definition) is 4. The molecule has 0 bridgehead atoms. The van der Waals surface area contributed by atoms with Gasteiger partial charge in [0.2, 0.25) is 10.0 Å². The molecule has 0 radical (unpaired) electrons. The Morgan fingerprint density at radius 3 is 2.23 bits per heavy atom. The molecule has 0 aliphatic heterocycles. The van der Waals surface area contributed by atoms with Crippen LogP contribution in [0.2, 0.25) is 0 Å². The number of halogens is 2. The summed E-state index contributed by atoms with van der Waals surface area (Å²) < 4.78 is 25.4. The summed E-state index contributed by atoms with van der Waals surface area (Å²) in [6.45, 7) is 1.25. The minimum Gasteiger partial charge on any atom is -0.387 e. The van der Waals surface area contributed by atoms with Crippen molar-refractivity contribution in [1.29, 1.82) is 0 Å². The van der Waals surface area contributed by atoms with Gasteiger partial charge in [-0.05, 0) is 60.2 Å². The molecule has 218 valence electrons. The second kappa shape index (κ2) is 16.0. The first-order valence-electron chi connectivity index (χ1n) is 13.2. The lowest BCUT2D eigenvalue weighted by molar-refractivity contribution is 0.0982. The Morgan fingerprint density at radius 2 is 1.57 bits per heavy atom. The third kappa shape index (κ3) is 10.1. The van der Waals surface area contributed by atoms with E-state index in [9.17, 15) is 18.3 Å². The molecule has 1 saturated carbocycles. The van der Waals surface area contributed by atoms with Crippen molar-refractivity contribution in [3.8, 4) is 11.1 Å². The topological polar surface area (TPSA) is 108 Å². The molecule has 0 saturated heterocycles. The van der Waals surface area contributed by atoms with E-state index in [1.165, 1.54) is 12.0 Å². The normalized spacial score (nSPS) is 14.3. The molecule has 7 nitrogen and oxygen atoms in total. The Morgan fingerprint density at radius 1 is 0.925 bits per heavy atom. The SMILES string of the molecule is CS(=O)(=O)NC(=O)c1ccc(-c2ccc(CCNC[C@H](O)c3ccccc3)cc2)cc1NC1CCCCC1.Cl.Cl. The van der Waals surface area contributed by atoms with E-state index in [2.05, 4.69) is 39.6 Å². The average Bonchev–Trinajstić information content (AvgIpc) is 2.91. The Balaban J connectivity index is 0.00000280. The summed E-state index contributed by atoms with van der Waals surface area (Å²) in [7, 11) is -3.66. The van der Waals surface area contributed by atoms with E-state index in [1.807, 2.05) is 42.5 Å². The number of carbonyl (C=O) groups is 1. The van der Waals surface area contributed by atoms with Crippen LogP contribution in [0.4, 0.5) is 5.69 Å². The summed E-state index contributed by atoms with van der Waals surface area (Å²) >= 11 is 0. The van der Waals surface area contributed by atoms with Crippen LogP contribution in [0, 0.1) is 0 Å². The van der Waals surface area contributed by atoms with Crippen LogP contribution in [-0.4, -0.2) is 44.8 Å². The van der Waals surface area contributed by atoms with Gasteiger partial charge in [0.15, 0.2) is 0 Å². The molecule has 1 atom stereocenters. The van der Waals surface area contributed by atoms with Gasteiger partial charge in [0, 0.05) is 18.3 Å². The molecule has 1 aliphatic rings. The largest absolute Gasteiger partial charge is 0.387 e. The smallest absolute Gasteiger partial charge is 0.266 e. The van der Waals surface area contributed by atoms with Gasteiger partial charge in [-0.3, -0.25) is 4.79 Å².